The summed E-state index contributed by atoms with van der Waals surface area (Å²) in [4.78, 5) is 4.37. The molecule has 1 heterocycles. The molecule has 102 valence electrons. The second kappa shape index (κ2) is 5.97. The first kappa shape index (κ1) is 13.7. The molecule has 19 heavy (non-hydrogen) atoms. The summed E-state index contributed by atoms with van der Waals surface area (Å²) in [6, 6.07) is 3.63. The molecular weight excluding hydrogens is 264 g/mol. The van der Waals surface area contributed by atoms with Crippen molar-refractivity contribution in [3.8, 4) is 11.5 Å². The lowest BCUT2D eigenvalue weighted by molar-refractivity contribution is 0.410. The van der Waals surface area contributed by atoms with E-state index in [0.29, 0.717) is 16.5 Å². The minimum absolute atomic E-state index is 0.513. The van der Waals surface area contributed by atoms with Gasteiger partial charge in [0.25, 0.3) is 0 Å². The van der Waals surface area contributed by atoms with Crippen LogP contribution >= 0.6 is 11.6 Å². The SMILES string of the molecule is CCCNc1ccnc2c(OC)cc(Cl)c(OC)c12. The molecule has 0 saturated carbocycles. The number of hydrogen-bond donors (Lipinski definition) is 1. The van der Waals surface area contributed by atoms with Gasteiger partial charge >= 0.3 is 0 Å². The Labute approximate surface area is 117 Å². The Morgan fingerprint density at radius 1 is 1.32 bits per heavy atom. The van der Waals surface area contributed by atoms with Crippen LogP contribution in [0.15, 0.2) is 18.3 Å². The number of pyridine rings is 1. The van der Waals surface area contributed by atoms with E-state index in [1.54, 1.807) is 26.5 Å². The molecule has 0 unspecified atom stereocenters. The number of halogens is 1. The zero-order chi connectivity index (χ0) is 13.8. The first-order chi connectivity index (χ1) is 9.22. The van der Waals surface area contributed by atoms with Gasteiger partial charge in [0.15, 0.2) is 0 Å². The molecule has 1 aromatic heterocycles. The summed E-state index contributed by atoms with van der Waals surface area (Å²) >= 11 is 6.23. The van der Waals surface area contributed by atoms with Crippen molar-refractivity contribution in [2.24, 2.45) is 0 Å². The third-order valence-electron chi connectivity index (χ3n) is 2.88. The molecule has 2 rings (SSSR count). The molecule has 2 aromatic rings. The predicted octanol–water partition coefficient (Wildman–Crippen LogP) is 3.73. The van der Waals surface area contributed by atoms with Gasteiger partial charge in [-0.25, -0.2) is 0 Å². The minimum atomic E-state index is 0.513. The van der Waals surface area contributed by atoms with Crippen LogP contribution < -0.4 is 14.8 Å². The van der Waals surface area contributed by atoms with Gasteiger partial charge in [0, 0.05) is 24.5 Å². The smallest absolute Gasteiger partial charge is 0.149 e. The topological polar surface area (TPSA) is 43.4 Å². The van der Waals surface area contributed by atoms with E-state index in [-0.39, 0.29) is 0 Å². The van der Waals surface area contributed by atoms with Crippen LogP contribution in [0.4, 0.5) is 5.69 Å². The van der Waals surface area contributed by atoms with Gasteiger partial charge in [0.1, 0.15) is 17.0 Å². The van der Waals surface area contributed by atoms with Gasteiger partial charge in [-0.1, -0.05) is 18.5 Å². The van der Waals surface area contributed by atoms with Crippen molar-refractivity contribution in [1.82, 2.24) is 4.98 Å². The Hall–Kier alpha value is -1.68. The van der Waals surface area contributed by atoms with Crippen LogP contribution in [-0.4, -0.2) is 25.7 Å². The monoisotopic (exact) mass is 280 g/mol. The number of nitrogens with zero attached hydrogens (tertiary/aromatic N) is 1. The quantitative estimate of drug-likeness (QED) is 0.906. The first-order valence-electron chi connectivity index (χ1n) is 6.16. The van der Waals surface area contributed by atoms with Gasteiger partial charge < -0.3 is 14.8 Å². The lowest BCUT2D eigenvalue weighted by Crippen LogP contribution is -2.02. The number of fused-ring (bicyclic) bond motifs is 1. The first-order valence-corrected chi connectivity index (χ1v) is 6.53. The lowest BCUT2D eigenvalue weighted by atomic mass is 10.1. The highest BCUT2D eigenvalue weighted by Crippen LogP contribution is 2.41. The van der Waals surface area contributed by atoms with E-state index in [9.17, 15) is 0 Å². The largest absolute Gasteiger partial charge is 0.494 e. The average Bonchev–Trinajstić information content (AvgIpc) is 2.44. The highest BCUT2D eigenvalue weighted by Gasteiger charge is 2.16. The molecule has 0 bridgehead atoms. The third-order valence-corrected chi connectivity index (χ3v) is 3.16. The van der Waals surface area contributed by atoms with Gasteiger partial charge in [-0.15, -0.1) is 0 Å². The molecule has 0 amide bonds. The number of ether oxygens (including phenoxy) is 2. The Morgan fingerprint density at radius 2 is 2.11 bits per heavy atom. The predicted molar refractivity (Wildman–Crippen MR) is 78.6 cm³/mol. The van der Waals surface area contributed by atoms with Crippen LogP contribution in [0.3, 0.4) is 0 Å². The Morgan fingerprint density at radius 3 is 2.74 bits per heavy atom. The fourth-order valence-corrected chi connectivity index (χ4v) is 2.28. The molecule has 0 spiro atoms. The maximum Gasteiger partial charge on any atom is 0.149 e. The van der Waals surface area contributed by atoms with Crippen molar-refractivity contribution in [3.05, 3.63) is 23.4 Å². The van der Waals surface area contributed by atoms with Crippen molar-refractivity contribution < 1.29 is 9.47 Å². The zero-order valence-corrected chi connectivity index (χ0v) is 12.0. The van der Waals surface area contributed by atoms with Gasteiger partial charge in [-0.2, -0.15) is 0 Å². The molecule has 1 N–H and O–H groups in total. The van der Waals surface area contributed by atoms with E-state index >= 15 is 0 Å². The summed E-state index contributed by atoms with van der Waals surface area (Å²) in [6.07, 6.45) is 2.78. The molecule has 0 fully saturated rings. The van der Waals surface area contributed by atoms with E-state index < -0.39 is 0 Å². The number of rotatable bonds is 5. The molecular formula is C14H17ClN2O2. The molecule has 0 radical (unpaired) electrons. The van der Waals surface area contributed by atoms with Crippen molar-refractivity contribution in [1.29, 1.82) is 0 Å². The Kier molecular flexibility index (Phi) is 4.32. The second-order valence-electron chi connectivity index (χ2n) is 4.10. The summed E-state index contributed by atoms with van der Waals surface area (Å²) in [5.41, 5.74) is 1.69. The molecule has 0 aliphatic carbocycles. The lowest BCUT2D eigenvalue weighted by Gasteiger charge is -2.15. The van der Waals surface area contributed by atoms with Crippen LogP contribution in [-0.2, 0) is 0 Å². The summed E-state index contributed by atoms with van der Waals surface area (Å²) < 4.78 is 10.7. The van der Waals surface area contributed by atoms with E-state index in [1.807, 2.05) is 6.07 Å². The molecule has 5 heteroatoms. The van der Waals surface area contributed by atoms with Crippen molar-refractivity contribution in [3.63, 3.8) is 0 Å². The maximum absolute atomic E-state index is 6.23. The van der Waals surface area contributed by atoms with Crippen LogP contribution in [0.25, 0.3) is 10.9 Å². The minimum Gasteiger partial charge on any atom is -0.494 e. The van der Waals surface area contributed by atoms with Gasteiger partial charge in [0.2, 0.25) is 0 Å². The Balaban J connectivity index is 2.73. The zero-order valence-electron chi connectivity index (χ0n) is 11.3. The third kappa shape index (κ3) is 2.54. The van der Waals surface area contributed by atoms with Gasteiger partial charge in [-0.05, 0) is 12.5 Å². The molecule has 0 saturated heterocycles. The van der Waals surface area contributed by atoms with Crippen LogP contribution in [0.1, 0.15) is 13.3 Å². The Bertz CT molecular complexity index is 587. The van der Waals surface area contributed by atoms with Crippen LogP contribution in [0.2, 0.25) is 5.02 Å². The number of anilines is 1. The standard InChI is InChI=1S/C14H17ClN2O2/c1-4-6-16-10-5-7-17-13-11(18-2)8-9(15)14(19-3)12(10)13/h5,7-8H,4,6H2,1-3H3,(H,16,17). The summed E-state index contributed by atoms with van der Waals surface area (Å²) in [5, 5.41) is 4.72. The fraction of sp³-hybridized carbons (Fsp3) is 0.357. The van der Waals surface area contributed by atoms with E-state index in [1.165, 1.54) is 0 Å². The number of aromatic nitrogens is 1. The van der Waals surface area contributed by atoms with Crippen molar-refractivity contribution in [2.75, 3.05) is 26.1 Å². The fourth-order valence-electron chi connectivity index (χ4n) is 2.01. The van der Waals surface area contributed by atoms with E-state index in [2.05, 4.69) is 17.2 Å². The van der Waals surface area contributed by atoms with E-state index in [0.717, 1.165) is 29.6 Å². The van der Waals surface area contributed by atoms with Crippen molar-refractivity contribution >= 4 is 28.2 Å². The molecule has 0 atom stereocenters. The normalized spacial score (nSPS) is 10.5. The summed E-state index contributed by atoms with van der Waals surface area (Å²) in [5.74, 6) is 1.25. The highest BCUT2D eigenvalue weighted by molar-refractivity contribution is 6.34. The molecule has 0 aliphatic rings. The number of hydrogen-bond acceptors (Lipinski definition) is 4. The average molecular weight is 281 g/mol. The molecule has 0 aliphatic heterocycles. The number of benzene rings is 1. The summed E-state index contributed by atoms with van der Waals surface area (Å²) in [6.45, 7) is 2.98. The van der Waals surface area contributed by atoms with Gasteiger partial charge in [0.05, 0.1) is 24.6 Å². The highest BCUT2D eigenvalue weighted by atomic mass is 35.5. The maximum atomic E-state index is 6.23. The molecule has 4 nitrogen and oxygen atoms in total. The molecule has 1 aromatic carbocycles. The van der Waals surface area contributed by atoms with E-state index in [4.69, 9.17) is 21.1 Å². The van der Waals surface area contributed by atoms with Crippen molar-refractivity contribution in [2.45, 2.75) is 13.3 Å². The van der Waals surface area contributed by atoms with Gasteiger partial charge in [-0.3, -0.25) is 4.98 Å². The van der Waals surface area contributed by atoms with Crippen LogP contribution in [0.5, 0.6) is 11.5 Å². The summed E-state index contributed by atoms with van der Waals surface area (Å²) in [7, 11) is 3.20. The number of nitrogens with one attached hydrogen (secondary N) is 1. The van der Waals surface area contributed by atoms with Crippen LogP contribution in [0, 0.1) is 0 Å². The number of methoxy groups -OCH3 is 2. The second-order valence-corrected chi connectivity index (χ2v) is 4.51.